The maximum atomic E-state index is 13.8. The first kappa shape index (κ1) is 20.2. The minimum Gasteiger partial charge on any atom is -0.337 e. The van der Waals surface area contributed by atoms with Gasteiger partial charge in [0, 0.05) is 37.8 Å². The molecule has 0 saturated carbocycles. The fourth-order valence-corrected chi connectivity index (χ4v) is 5.97. The quantitative estimate of drug-likeness (QED) is 0.761. The van der Waals surface area contributed by atoms with E-state index in [9.17, 15) is 14.0 Å². The van der Waals surface area contributed by atoms with Gasteiger partial charge in [0.15, 0.2) is 0 Å². The van der Waals surface area contributed by atoms with E-state index in [1.165, 1.54) is 6.07 Å². The fourth-order valence-electron chi connectivity index (χ4n) is 5.97. The summed E-state index contributed by atoms with van der Waals surface area (Å²) in [6.45, 7) is 3.20. The average molecular weight is 422 g/mol. The number of aryl methyl sites for hydroxylation is 1. The molecule has 31 heavy (non-hydrogen) atoms. The first-order valence-corrected chi connectivity index (χ1v) is 11.3. The van der Waals surface area contributed by atoms with E-state index in [2.05, 4.69) is 9.88 Å². The molecule has 0 aliphatic carbocycles. The lowest BCUT2D eigenvalue weighted by molar-refractivity contribution is -0.151. The van der Waals surface area contributed by atoms with Crippen LogP contribution in [0.5, 0.6) is 0 Å². The van der Waals surface area contributed by atoms with Gasteiger partial charge in [-0.2, -0.15) is 0 Å². The summed E-state index contributed by atoms with van der Waals surface area (Å²) in [5, 5.41) is 0. The second-order valence-corrected chi connectivity index (χ2v) is 9.30. The third-order valence-electron chi connectivity index (χ3n) is 7.33. The van der Waals surface area contributed by atoms with Crippen LogP contribution in [0.1, 0.15) is 47.3 Å². The lowest BCUT2D eigenvalue weighted by Gasteiger charge is -2.56. The molecule has 0 spiro atoms. The van der Waals surface area contributed by atoms with Gasteiger partial charge in [0.05, 0.1) is 0 Å². The monoisotopic (exact) mass is 421 g/mol. The number of nitrogens with zero attached hydrogens (tertiary/aromatic N) is 3. The van der Waals surface area contributed by atoms with E-state index < -0.39 is 0 Å². The Morgan fingerprint density at radius 2 is 2.03 bits per heavy atom. The summed E-state index contributed by atoms with van der Waals surface area (Å²) in [4.78, 5) is 34.7. The highest BCUT2D eigenvalue weighted by Crippen LogP contribution is 2.42. The molecule has 3 aliphatic rings. The second-order valence-electron chi connectivity index (χ2n) is 9.30. The summed E-state index contributed by atoms with van der Waals surface area (Å²) in [7, 11) is 0. The van der Waals surface area contributed by atoms with Gasteiger partial charge in [-0.05, 0) is 73.8 Å². The lowest BCUT2D eigenvalue weighted by Crippen LogP contribution is -2.66. The zero-order chi connectivity index (χ0) is 21.5. The lowest BCUT2D eigenvalue weighted by atomic mass is 9.70. The van der Waals surface area contributed by atoms with E-state index in [1.807, 2.05) is 30.0 Å². The number of piperidine rings is 3. The number of aromatic nitrogens is 1. The summed E-state index contributed by atoms with van der Waals surface area (Å²) in [5.41, 5.74) is 2.30. The van der Waals surface area contributed by atoms with Crippen LogP contribution < -0.4 is 0 Å². The summed E-state index contributed by atoms with van der Waals surface area (Å²) < 4.78 is 13.8. The van der Waals surface area contributed by atoms with E-state index in [1.54, 1.807) is 18.3 Å². The van der Waals surface area contributed by atoms with Crippen molar-refractivity contribution in [2.45, 2.75) is 51.1 Å². The standard InChI is InChI=1S/C25H28FN3O2/c1-16-5-4-10-27-24(16)25(31)28-14-18-13-19(15-28)22(12-17-6-2-7-20(26)11-17)29-21(18)8-3-9-23(29)30/h2,4-7,10-11,18-19,21-22H,3,8-9,12-15H2,1H3/t18-,19+,21+,22+/m1/s1. The van der Waals surface area contributed by atoms with Gasteiger partial charge in [0.1, 0.15) is 11.5 Å². The van der Waals surface area contributed by atoms with Gasteiger partial charge < -0.3 is 9.80 Å². The maximum Gasteiger partial charge on any atom is 0.272 e. The second kappa shape index (κ2) is 8.06. The molecule has 1 aromatic carbocycles. The Labute approximate surface area is 182 Å². The van der Waals surface area contributed by atoms with Crippen molar-refractivity contribution in [2.24, 2.45) is 11.8 Å². The Hall–Kier alpha value is -2.76. The van der Waals surface area contributed by atoms with Crippen LogP contribution in [0.25, 0.3) is 0 Å². The van der Waals surface area contributed by atoms with Gasteiger partial charge in [-0.3, -0.25) is 14.6 Å². The molecular formula is C25H28FN3O2. The zero-order valence-electron chi connectivity index (χ0n) is 17.8. The number of likely N-dealkylation sites (tertiary alicyclic amines) is 1. The minimum atomic E-state index is -0.251. The molecule has 2 amide bonds. The molecule has 2 bridgehead atoms. The number of fused-ring (bicyclic) bond motifs is 4. The van der Waals surface area contributed by atoms with Gasteiger partial charge in [-0.25, -0.2) is 4.39 Å². The maximum absolute atomic E-state index is 13.8. The number of rotatable bonds is 3. The summed E-state index contributed by atoms with van der Waals surface area (Å²) >= 11 is 0. The molecule has 3 saturated heterocycles. The molecule has 2 aromatic rings. The number of benzene rings is 1. The van der Waals surface area contributed by atoms with Crippen LogP contribution in [-0.2, 0) is 11.2 Å². The molecule has 3 aliphatic heterocycles. The van der Waals surface area contributed by atoms with E-state index in [-0.39, 0.29) is 35.6 Å². The molecule has 162 valence electrons. The highest BCUT2D eigenvalue weighted by atomic mass is 19.1. The van der Waals surface area contributed by atoms with Crippen molar-refractivity contribution in [3.63, 3.8) is 0 Å². The SMILES string of the molecule is Cc1cccnc1C(=O)N1C[C@H]2C[C@@H](C1)[C@H](Cc1cccc(F)c1)N1C(=O)CCC[C@@H]21. The third-order valence-corrected chi connectivity index (χ3v) is 7.33. The normalized spacial score (nSPS) is 27.7. The van der Waals surface area contributed by atoms with Crippen molar-refractivity contribution < 1.29 is 14.0 Å². The van der Waals surface area contributed by atoms with Crippen LogP contribution in [0.2, 0.25) is 0 Å². The van der Waals surface area contributed by atoms with Gasteiger partial charge in [-0.1, -0.05) is 18.2 Å². The van der Waals surface area contributed by atoms with Gasteiger partial charge >= 0.3 is 0 Å². The topological polar surface area (TPSA) is 53.5 Å². The fraction of sp³-hybridized carbons (Fsp3) is 0.480. The van der Waals surface area contributed by atoms with E-state index >= 15 is 0 Å². The van der Waals surface area contributed by atoms with Crippen molar-refractivity contribution in [1.29, 1.82) is 0 Å². The Bertz CT molecular complexity index is 1010. The summed E-state index contributed by atoms with van der Waals surface area (Å²) in [6, 6.07) is 10.6. The smallest absolute Gasteiger partial charge is 0.272 e. The third kappa shape index (κ3) is 3.73. The first-order chi connectivity index (χ1) is 15.0. The number of carbonyl (C=O) groups is 2. The van der Waals surface area contributed by atoms with Crippen LogP contribution in [0.3, 0.4) is 0 Å². The number of hydrogen-bond acceptors (Lipinski definition) is 3. The Morgan fingerprint density at radius 1 is 1.19 bits per heavy atom. The Morgan fingerprint density at radius 3 is 2.84 bits per heavy atom. The molecule has 1 aromatic heterocycles. The first-order valence-electron chi connectivity index (χ1n) is 11.3. The molecule has 5 rings (SSSR count). The highest BCUT2D eigenvalue weighted by Gasteiger charge is 2.50. The van der Waals surface area contributed by atoms with E-state index in [4.69, 9.17) is 0 Å². The van der Waals surface area contributed by atoms with E-state index in [0.717, 1.165) is 30.4 Å². The van der Waals surface area contributed by atoms with E-state index in [0.29, 0.717) is 37.5 Å². The minimum absolute atomic E-state index is 0.00344. The molecular weight excluding hydrogens is 393 g/mol. The van der Waals surface area contributed by atoms with Crippen LogP contribution in [0.4, 0.5) is 4.39 Å². The summed E-state index contributed by atoms with van der Waals surface area (Å²) in [5.74, 6) is 0.424. The van der Waals surface area contributed by atoms with Crippen molar-refractivity contribution >= 4 is 11.8 Å². The molecule has 4 heterocycles. The van der Waals surface area contributed by atoms with Crippen LogP contribution in [0, 0.1) is 24.6 Å². The molecule has 4 atom stereocenters. The van der Waals surface area contributed by atoms with Crippen LogP contribution >= 0.6 is 0 Å². The van der Waals surface area contributed by atoms with Gasteiger partial charge in [0.25, 0.3) is 5.91 Å². The zero-order valence-corrected chi connectivity index (χ0v) is 17.8. The van der Waals surface area contributed by atoms with Crippen molar-refractivity contribution in [3.8, 4) is 0 Å². The summed E-state index contributed by atoms with van der Waals surface area (Å²) in [6.07, 6.45) is 5.78. The largest absolute Gasteiger partial charge is 0.337 e. The Balaban J connectivity index is 1.45. The number of halogens is 1. The van der Waals surface area contributed by atoms with Crippen molar-refractivity contribution in [2.75, 3.05) is 13.1 Å². The number of pyridine rings is 1. The number of hydrogen-bond donors (Lipinski definition) is 0. The molecule has 3 fully saturated rings. The molecule has 0 N–H and O–H groups in total. The molecule has 5 nitrogen and oxygen atoms in total. The van der Waals surface area contributed by atoms with Crippen molar-refractivity contribution in [3.05, 3.63) is 65.2 Å². The van der Waals surface area contributed by atoms with Crippen LogP contribution in [0.15, 0.2) is 42.6 Å². The Kier molecular flexibility index (Phi) is 5.24. The molecule has 0 radical (unpaired) electrons. The molecule has 0 unspecified atom stereocenters. The average Bonchev–Trinajstić information content (AvgIpc) is 2.76. The van der Waals surface area contributed by atoms with Gasteiger partial charge in [0.2, 0.25) is 5.91 Å². The van der Waals surface area contributed by atoms with Crippen LogP contribution in [-0.4, -0.2) is 51.8 Å². The molecule has 6 heteroatoms. The highest BCUT2D eigenvalue weighted by molar-refractivity contribution is 5.93. The predicted octanol–water partition coefficient (Wildman–Crippen LogP) is 3.61. The number of carbonyl (C=O) groups excluding carboxylic acids is 2. The predicted molar refractivity (Wildman–Crippen MR) is 115 cm³/mol. The van der Waals surface area contributed by atoms with Crippen molar-refractivity contribution in [1.82, 2.24) is 14.8 Å². The number of amides is 2. The van der Waals surface area contributed by atoms with Gasteiger partial charge in [-0.15, -0.1) is 0 Å².